The first-order chi connectivity index (χ1) is 8.69. The van der Waals surface area contributed by atoms with Crippen LogP contribution in [-0.4, -0.2) is 35.1 Å². The van der Waals surface area contributed by atoms with Crippen molar-refractivity contribution in [2.24, 2.45) is 0 Å². The summed E-state index contributed by atoms with van der Waals surface area (Å²) in [6, 6.07) is 6.34. The molecule has 2 rings (SSSR count). The molecule has 0 aromatic carbocycles. The number of thioether (sulfide) groups is 1. The topological polar surface area (TPSA) is 28.2 Å². The maximum atomic E-state index is 4.76. The van der Waals surface area contributed by atoms with Crippen molar-refractivity contribution >= 4 is 17.6 Å². The number of hydrogen-bond donors (Lipinski definition) is 1. The van der Waals surface area contributed by atoms with E-state index < -0.39 is 0 Å². The van der Waals surface area contributed by atoms with Crippen molar-refractivity contribution in [2.75, 3.05) is 24.5 Å². The zero-order chi connectivity index (χ0) is 13.0. The lowest BCUT2D eigenvalue weighted by molar-refractivity contribution is 0.693. The summed E-state index contributed by atoms with van der Waals surface area (Å²) in [5.41, 5.74) is 1.13. The Morgan fingerprint density at radius 1 is 1.33 bits per heavy atom. The first-order valence-electron chi connectivity index (χ1n) is 6.76. The van der Waals surface area contributed by atoms with Crippen LogP contribution in [0.4, 0.5) is 5.82 Å². The van der Waals surface area contributed by atoms with Gasteiger partial charge in [-0.1, -0.05) is 26.8 Å². The molecule has 2 atom stereocenters. The fourth-order valence-electron chi connectivity index (χ4n) is 2.36. The van der Waals surface area contributed by atoms with E-state index in [1.165, 1.54) is 0 Å². The molecule has 1 aliphatic rings. The average molecular weight is 265 g/mol. The van der Waals surface area contributed by atoms with Crippen molar-refractivity contribution in [1.82, 2.24) is 10.3 Å². The van der Waals surface area contributed by atoms with Crippen LogP contribution in [0.3, 0.4) is 0 Å². The van der Waals surface area contributed by atoms with Gasteiger partial charge in [0, 0.05) is 30.1 Å². The third kappa shape index (κ3) is 3.62. The molecule has 2 heterocycles. The van der Waals surface area contributed by atoms with Gasteiger partial charge < -0.3 is 10.2 Å². The van der Waals surface area contributed by atoms with Crippen molar-refractivity contribution in [1.29, 1.82) is 0 Å². The monoisotopic (exact) mass is 265 g/mol. The molecule has 1 aromatic heterocycles. The SMILES string of the molecule is CCNCc1cccc(N2CC(C)SC(C)C2)n1. The first-order valence-corrected chi connectivity index (χ1v) is 7.70. The molecule has 2 unspecified atom stereocenters. The van der Waals surface area contributed by atoms with Gasteiger partial charge in [-0.2, -0.15) is 11.8 Å². The molecule has 0 spiro atoms. The molecule has 1 N–H and O–H groups in total. The van der Waals surface area contributed by atoms with E-state index in [4.69, 9.17) is 4.98 Å². The van der Waals surface area contributed by atoms with Gasteiger partial charge in [0.2, 0.25) is 0 Å². The lowest BCUT2D eigenvalue weighted by atomic mass is 10.3. The van der Waals surface area contributed by atoms with Crippen LogP contribution in [0.2, 0.25) is 0 Å². The molecule has 1 aliphatic heterocycles. The standard InChI is InChI=1S/C14H23N3S/c1-4-15-8-13-6-5-7-14(16-13)17-9-11(2)18-12(3)10-17/h5-7,11-12,15H,4,8-10H2,1-3H3. The first kappa shape index (κ1) is 13.7. The van der Waals surface area contributed by atoms with Crippen LogP contribution in [0.15, 0.2) is 18.2 Å². The molecule has 1 aromatic rings. The lowest BCUT2D eigenvalue weighted by Gasteiger charge is -2.35. The molecular weight excluding hydrogens is 242 g/mol. The van der Waals surface area contributed by atoms with Crippen LogP contribution in [0.25, 0.3) is 0 Å². The second-order valence-electron chi connectivity index (χ2n) is 4.93. The number of rotatable bonds is 4. The number of nitrogens with zero attached hydrogens (tertiary/aromatic N) is 2. The molecule has 4 heteroatoms. The van der Waals surface area contributed by atoms with Crippen molar-refractivity contribution < 1.29 is 0 Å². The highest BCUT2D eigenvalue weighted by atomic mass is 32.2. The van der Waals surface area contributed by atoms with Crippen LogP contribution in [0.5, 0.6) is 0 Å². The van der Waals surface area contributed by atoms with E-state index in [2.05, 4.69) is 60.9 Å². The van der Waals surface area contributed by atoms with Gasteiger partial charge in [-0.15, -0.1) is 0 Å². The lowest BCUT2D eigenvalue weighted by Crippen LogP contribution is -2.40. The minimum absolute atomic E-state index is 0.688. The zero-order valence-corrected chi connectivity index (χ0v) is 12.3. The minimum atomic E-state index is 0.688. The van der Waals surface area contributed by atoms with Crippen molar-refractivity contribution in [2.45, 2.75) is 37.8 Å². The third-order valence-corrected chi connectivity index (χ3v) is 4.32. The molecule has 0 radical (unpaired) electrons. The Kier molecular flexibility index (Phi) is 4.89. The van der Waals surface area contributed by atoms with Gasteiger partial charge in [0.15, 0.2) is 0 Å². The molecule has 0 amide bonds. The Hall–Kier alpha value is -0.740. The quantitative estimate of drug-likeness (QED) is 0.905. The van der Waals surface area contributed by atoms with Gasteiger partial charge in [0.05, 0.1) is 5.69 Å². The minimum Gasteiger partial charge on any atom is -0.354 e. The second-order valence-corrected chi connectivity index (χ2v) is 6.81. The van der Waals surface area contributed by atoms with E-state index in [1.54, 1.807) is 0 Å². The average Bonchev–Trinajstić information content (AvgIpc) is 2.35. The van der Waals surface area contributed by atoms with Gasteiger partial charge in [0.1, 0.15) is 5.82 Å². The molecule has 1 fully saturated rings. The maximum Gasteiger partial charge on any atom is 0.128 e. The molecule has 0 bridgehead atoms. The van der Waals surface area contributed by atoms with E-state index >= 15 is 0 Å². The molecular formula is C14H23N3S. The third-order valence-electron chi connectivity index (χ3n) is 3.09. The molecule has 0 aliphatic carbocycles. The van der Waals surface area contributed by atoms with Gasteiger partial charge in [-0.3, -0.25) is 0 Å². The zero-order valence-electron chi connectivity index (χ0n) is 11.5. The predicted octanol–water partition coefficient (Wildman–Crippen LogP) is 2.52. The smallest absolute Gasteiger partial charge is 0.128 e. The summed E-state index contributed by atoms with van der Waals surface area (Å²) < 4.78 is 0. The van der Waals surface area contributed by atoms with Gasteiger partial charge >= 0.3 is 0 Å². The van der Waals surface area contributed by atoms with Crippen LogP contribution >= 0.6 is 11.8 Å². The summed E-state index contributed by atoms with van der Waals surface area (Å²) in [4.78, 5) is 7.17. The Morgan fingerprint density at radius 3 is 2.72 bits per heavy atom. The molecule has 100 valence electrons. The summed E-state index contributed by atoms with van der Waals surface area (Å²) in [7, 11) is 0. The largest absolute Gasteiger partial charge is 0.354 e. The molecule has 1 saturated heterocycles. The molecule has 18 heavy (non-hydrogen) atoms. The second kappa shape index (κ2) is 6.43. The summed E-state index contributed by atoms with van der Waals surface area (Å²) >= 11 is 2.08. The maximum absolute atomic E-state index is 4.76. The van der Waals surface area contributed by atoms with Crippen molar-refractivity contribution in [3.8, 4) is 0 Å². The van der Waals surface area contributed by atoms with E-state index in [1.807, 2.05) is 0 Å². The molecule has 3 nitrogen and oxygen atoms in total. The summed E-state index contributed by atoms with van der Waals surface area (Å²) in [6.07, 6.45) is 0. The van der Waals surface area contributed by atoms with Crippen molar-refractivity contribution in [3.63, 3.8) is 0 Å². The van der Waals surface area contributed by atoms with E-state index in [0.29, 0.717) is 10.5 Å². The number of anilines is 1. The summed E-state index contributed by atoms with van der Waals surface area (Å²) in [5.74, 6) is 1.13. The van der Waals surface area contributed by atoms with Gasteiger partial charge in [-0.05, 0) is 18.7 Å². The normalized spacial score (nSPS) is 24.3. The highest BCUT2D eigenvalue weighted by Gasteiger charge is 2.23. The van der Waals surface area contributed by atoms with Crippen LogP contribution in [0.1, 0.15) is 26.5 Å². The number of pyridine rings is 1. The highest BCUT2D eigenvalue weighted by molar-refractivity contribution is 8.00. The Morgan fingerprint density at radius 2 is 2.06 bits per heavy atom. The highest BCUT2D eigenvalue weighted by Crippen LogP contribution is 2.27. The molecule has 0 saturated carbocycles. The van der Waals surface area contributed by atoms with Crippen molar-refractivity contribution in [3.05, 3.63) is 23.9 Å². The fourth-order valence-corrected chi connectivity index (χ4v) is 3.68. The Labute approximate surface area is 114 Å². The number of aromatic nitrogens is 1. The van der Waals surface area contributed by atoms with Crippen LogP contribution in [-0.2, 0) is 6.54 Å². The predicted molar refractivity (Wildman–Crippen MR) is 80.3 cm³/mol. The summed E-state index contributed by atoms with van der Waals surface area (Å²) in [5, 5.41) is 4.70. The number of hydrogen-bond acceptors (Lipinski definition) is 4. The van der Waals surface area contributed by atoms with Crippen LogP contribution in [0, 0.1) is 0 Å². The van der Waals surface area contributed by atoms with Crippen LogP contribution < -0.4 is 10.2 Å². The van der Waals surface area contributed by atoms with Gasteiger partial charge in [-0.25, -0.2) is 4.98 Å². The summed E-state index contributed by atoms with van der Waals surface area (Å²) in [6.45, 7) is 10.8. The Balaban J connectivity index is 2.07. The fraction of sp³-hybridized carbons (Fsp3) is 0.643. The Bertz CT molecular complexity index is 373. The van der Waals surface area contributed by atoms with E-state index in [-0.39, 0.29) is 0 Å². The van der Waals surface area contributed by atoms with E-state index in [0.717, 1.165) is 37.7 Å². The number of nitrogens with one attached hydrogen (secondary N) is 1. The van der Waals surface area contributed by atoms with Gasteiger partial charge in [0.25, 0.3) is 0 Å². The van der Waals surface area contributed by atoms with E-state index in [9.17, 15) is 0 Å².